The van der Waals surface area contributed by atoms with Crippen LogP contribution in [0.15, 0.2) is 60.7 Å². The Morgan fingerprint density at radius 2 is 1.71 bits per heavy atom. The SMILES string of the molecule is Cc1ccc(C(=O)NCCc2ccc(-c3ccc(OC(C)C)cc3)cc2)c(O)c1C12CCN(CC3CC3)C(C)C1CCC(=O)C2. The molecule has 2 aliphatic carbocycles. The number of aromatic hydroxyl groups is 1. The minimum atomic E-state index is -0.428. The van der Waals surface area contributed by atoms with Gasteiger partial charge in [0.2, 0.25) is 0 Å². The number of amides is 1. The molecule has 0 radical (unpaired) electrons. The van der Waals surface area contributed by atoms with E-state index in [4.69, 9.17) is 4.74 Å². The van der Waals surface area contributed by atoms with Gasteiger partial charge in [-0.1, -0.05) is 42.5 Å². The largest absolute Gasteiger partial charge is 0.507 e. The summed E-state index contributed by atoms with van der Waals surface area (Å²) in [6.07, 6.45) is 6.21. The van der Waals surface area contributed by atoms with Gasteiger partial charge in [-0.15, -0.1) is 0 Å². The molecule has 1 saturated heterocycles. The number of nitrogens with zero attached hydrogens (tertiary/aromatic N) is 1. The van der Waals surface area contributed by atoms with Crippen molar-refractivity contribution >= 4 is 11.7 Å². The third kappa shape index (κ3) is 6.67. The van der Waals surface area contributed by atoms with Crippen LogP contribution in [0.2, 0.25) is 0 Å². The third-order valence-electron chi connectivity index (χ3n) is 10.5. The van der Waals surface area contributed by atoms with E-state index in [0.29, 0.717) is 37.4 Å². The zero-order valence-electron chi connectivity index (χ0n) is 27.3. The van der Waals surface area contributed by atoms with Crippen LogP contribution >= 0.6 is 0 Å². The molecule has 238 valence electrons. The number of benzene rings is 3. The number of carbonyl (C=O) groups is 2. The number of aryl methyl sites for hydroxylation is 1. The van der Waals surface area contributed by atoms with Crippen molar-refractivity contribution in [2.24, 2.45) is 11.8 Å². The van der Waals surface area contributed by atoms with Gasteiger partial charge >= 0.3 is 0 Å². The topological polar surface area (TPSA) is 78.9 Å². The maximum atomic E-state index is 13.4. The lowest BCUT2D eigenvalue weighted by Gasteiger charge is -2.55. The van der Waals surface area contributed by atoms with Crippen molar-refractivity contribution in [1.29, 1.82) is 0 Å². The van der Waals surface area contributed by atoms with Gasteiger partial charge in [-0.3, -0.25) is 9.59 Å². The zero-order chi connectivity index (χ0) is 31.7. The Balaban J connectivity index is 1.13. The molecule has 3 atom stereocenters. The summed E-state index contributed by atoms with van der Waals surface area (Å²) in [7, 11) is 0. The van der Waals surface area contributed by atoms with Crippen LogP contribution in [0.4, 0.5) is 0 Å². The number of carbonyl (C=O) groups excluding carboxylic acids is 2. The first-order valence-corrected chi connectivity index (χ1v) is 16.9. The van der Waals surface area contributed by atoms with Gasteiger partial charge in [-0.05, 0) is 119 Å². The number of piperidine rings is 1. The highest BCUT2D eigenvalue weighted by molar-refractivity contribution is 5.97. The first-order chi connectivity index (χ1) is 21.6. The Hall–Kier alpha value is -3.64. The van der Waals surface area contributed by atoms with Crippen LogP contribution in [-0.4, -0.2) is 53.5 Å². The van der Waals surface area contributed by atoms with E-state index in [2.05, 4.69) is 53.5 Å². The van der Waals surface area contributed by atoms with Crippen LogP contribution in [-0.2, 0) is 16.6 Å². The highest BCUT2D eigenvalue weighted by Gasteiger charge is 2.53. The number of phenols is 1. The monoisotopic (exact) mass is 608 g/mol. The van der Waals surface area contributed by atoms with Gasteiger partial charge in [0.25, 0.3) is 5.91 Å². The molecular formula is C39H48N2O4. The maximum Gasteiger partial charge on any atom is 0.255 e. The number of phenolic OH excluding ortho intramolecular Hbond substituents is 1. The quantitative estimate of drug-likeness (QED) is 0.254. The predicted octanol–water partition coefficient (Wildman–Crippen LogP) is 7.24. The molecule has 3 unspecified atom stereocenters. The van der Waals surface area contributed by atoms with Crippen molar-refractivity contribution < 1.29 is 19.4 Å². The van der Waals surface area contributed by atoms with E-state index in [0.717, 1.165) is 65.4 Å². The summed E-state index contributed by atoms with van der Waals surface area (Å²) in [4.78, 5) is 29.0. The van der Waals surface area contributed by atoms with Crippen LogP contribution < -0.4 is 10.1 Å². The summed E-state index contributed by atoms with van der Waals surface area (Å²) in [5.41, 5.74) is 5.04. The van der Waals surface area contributed by atoms with E-state index >= 15 is 0 Å². The number of ether oxygens (including phenoxy) is 1. The minimum absolute atomic E-state index is 0.0595. The van der Waals surface area contributed by atoms with E-state index in [1.165, 1.54) is 12.8 Å². The van der Waals surface area contributed by atoms with Crippen molar-refractivity contribution in [2.75, 3.05) is 19.6 Å². The van der Waals surface area contributed by atoms with Crippen LogP contribution in [0.5, 0.6) is 11.5 Å². The lowest BCUT2D eigenvalue weighted by molar-refractivity contribution is -0.126. The summed E-state index contributed by atoms with van der Waals surface area (Å²) >= 11 is 0. The Labute approximate surface area is 268 Å². The van der Waals surface area contributed by atoms with Gasteiger partial charge in [0.1, 0.15) is 17.3 Å². The fourth-order valence-corrected chi connectivity index (χ4v) is 8.01. The number of likely N-dealkylation sites (tertiary alicyclic amines) is 1. The molecule has 2 N–H and O–H groups in total. The maximum absolute atomic E-state index is 13.4. The minimum Gasteiger partial charge on any atom is -0.507 e. The number of nitrogens with one attached hydrogen (secondary N) is 1. The molecule has 0 spiro atoms. The average molecular weight is 609 g/mol. The van der Waals surface area contributed by atoms with Crippen LogP contribution in [0.3, 0.4) is 0 Å². The molecule has 2 saturated carbocycles. The molecule has 1 heterocycles. The third-order valence-corrected chi connectivity index (χ3v) is 10.5. The predicted molar refractivity (Wildman–Crippen MR) is 179 cm³/mol. The van der Waals surface area contributed by atoms with Crippen LogP contribution in [0.1, 0.15) is 86.3 Å². The standard InChI is InChI=1S/C39H48N2O4/c1-25(2)45-33-15-12-31(13-16-33)30-10-8-28(9-11-30)19-21-40-38(44)34-17-5-26(3)36(37(34)43)39-20-22-41(24-29-6-7-29)27(4)35(39)18-14-32(42)23-39/h5,8-13,15-17,25,27,29,35,43H,6-7,14,18-24H2,1-4H3,(H,40,44). The average Bonchev–Trinajstić information content (AvgIpc) is 3.83. The Bertz CT molecular complexity index is 1530. The Morgan fingerprint density at radius 3 is 2.38 bits per heavy atom. The first-order valence-electron chi connectivity index (χ1n) is 16.9. The van der Waals surface area contributed by atoms with Crippen molar-refractivity contribution in [3.05, 3.63) is 82.9 Å². The lowest BCUT2D eigenvalue weighted by Crippen LogP contribution is -2.58. The van der Waals surface area contributed by atoms with E-state index < -0.39 is 5.41 Å². The first kappa shape index (κ1) is 31.3. The molecule has 6 rings (SSSR count). The smallest absolute Gasteiger partial charge is 0.255 e. The number of ketones is 1. The second-order valence-electron chi connectivity index (χ2n) is 14.0. The molecule has 45 heavy (non-hydrogen) atoms. The van der Waals surface area contributed by atoms with E-state index in [1.54, 1.807) is 6.07 Å². The molecule has 3 aromatic rings. The van der Waals surface area contributed by atoms with Crippen LogP contribution in [0, 0.1) is 18.8 Å². The summed E-state index contributed by atoms with van der Waals surface area (Å²) < 4.78 is 5.75. The summed E-state index contributed by atoms with van der Waals surface area (Å²) in [5.74, 6) is 2.01. The molecule has 1 amide bonds. The van der Waals surface area contributed by atoms with Crippen molar-refractivity contribution in [3.63, 3.8) is 0 Å². The van der Waals surface area contributed by atoms with E-state index in [9.17, 15) is 14.7 Å². The second-order valence-corrected chi connectivity index (χ2v) is 14.0. The zero-order valence-corrected chi connectivity index (χ0v) is 27.3. The lowest BCUT2D eigenvalue weighted by atomic mass is 9.55. The normalized spacial score (nSPS) is 23.5. The number of rotatable bonds is 10. The molecule has 0 bridgehead atoms. The molecule has 6 nitrogen and oxygen atoms in total. The van der Waals surface area contributed by atoms with Crippen molar-refractivity contribution in [1.82, 2.24) is 10.2 Å². The molecule has 3 aromatic carbocycles. The highest BCUT2D eigenvalue weighted by atomic mass is 16.5. The van der Waals surface area contributed by atoms with E-state index in [1.807, 2.05) is 39.0 Å². The van der Waals surface area contributed by atoms with E-state index in [-0.39, 0.29) is 29.5 Å². The van der Waals surface area contributed by atoms with Gasteiger partial charge < -0.3 is 20.1 Å². The molecule has 3 fully saturated rings. The Morgan fingerprint density at radius 1 is 1.02 bits per heavy atom. The highest BCUT2D eigenvalue weighted by Crippen LogP contribution is 2.54. The summed E-state index contributed by atoms with van der Waals surface area (Å²) in [6, 6.07) is 20.6. The molecular weight excluding hydrogens is 560 g/mol. The van der Waals surface area contributed by atoms with Crippen LogP contribution in [0.25, 0.3) is 11.1 Å². The van der Waals surface area contributed by atoms with Gasteiger partial charge in [0, 0.05) is 43.0 Å². The van der Waals surface area contributed by atoms with Gasteiger partial charge in [0.05, 0.1) is 11.7 Å². The molecule has 0 aromatic heterocycles. The van der Waals surface area contributed by atoms with Gasteiger partial charge in [0.15, 0.2) is 0 Å². The van der Waals surface area contributed by atoms with Crippen molar-refractivity contribution in [2.45, 2.75) is 90.2 Å². The number of Topliss-reactive ketones (excluding diaryl/α,β-unsaturated/α-hetero) is 1. The molecule has 1 aliphatic heterocycles. The number of hydrogen-bond donors (Lipinski definition) is 2. The number of hydrogen-bond acceptors (Lipinski definition) is 5. The summed E-state index contributed by atoms with van der Waals surface area (Å²) in [5, 5.41) is 14.8. The molecule has 3 aliphatic rings. The molecule has 6 heteroatoms. The second kappa shape index (κ2) is 13.0. The fourth-order valence-electron chi connectivity index (χ4n) is 8.01. The van der Waals surface area contributed by atoms with Gasteiger partial charge in [-0.2, -0.15) is 0 Å². The van der Waals surface area contributed by atoms with Gasteiger partial charge in [-0.25, -0.2) is 0 Å². The summed E-state index contributed by atoms with van der Waals surface area (Å²) in [6.45, 7) is 10.9. The fraction of sp³-hybridized carbons (Fsp3) is 0.487. The number of fused-ring (bicyclic) bond motifs is 1. The Kier molecular flexibility index (Phi) is 9.05. The van der Waals surface area contributed by atoms with Crippen molar-refractivity contribution in [3.8, 4) is 22.6 Å².